The summed E-state index contributed by atoms with van der Waals surface area (Å²) in [6, 6.07) is 4.68. The van der Waals surface area contributed by atoms with E-state index in [-0.39, 0.29) is 0 Å². The molecule has 0 spiro atoms. The summed E-state index contributed by atoms with van der Waals surface area (Å²) in [5, 5.41) is 3.66. The van der Waals surface area contributed by atoms with E-state index in [1.807, 2.05) is 18.6 Å². The van der Waals surface area contributed by atoms with Gasteiger partial charge < -0.3 is 9.88 Å². The van der Waals surface area contributed by atoms with E-state index in [1.54, 1.807) is 0 Å². The van der Waals surface area contributed by atoms with E-state index in [0.29, 0.717) is 6.04 Å². The van der Waals surface area contributed by atoms with Gasteiger partial charge >= 0.3 is 0 Å². The summed E-state index contributed by atoms with van der Waals surface area (Å²) in [4.78, 5) is 8.58. The van der Waals surface area contributed by atoms with Crippen LogP contribution in [-0.2, 0) is 19.4 Å². The van der Waals surface area contributed by atoms with Crippen molar-refractivity contribution in [3.05, 3.63) is 48.3 Å². The third kappa shape index (κ3) is 4.97. The van der Waals surface area contributed by atoms with Gasteiger partial charge in [-0.05, 0) is 50.4 Å². The van der Waals surface area contributed by atoms with E-state index in [1.165, 1.54) is 11.4 Å². The van der Waals surface area contributed by atoms with Crippen molar-refractivity contribution >= 4 is 0 Å². The van der Waals surface area contributed by atoms with Crippen LogP contribution >= 0.6 is 0 Å². The van der Waals surface area contributed by atoms with Crippen LogP contribution < -0.4 is 5.32 Å². The molecule has 1 unspecified atom stereocenters. The van der Waals surface area contributed by atoms with Crippen molar-refractivity contribution in [2.75, 3.05) is 6.54 Å². The highest BCUT2D eigenvalue weighted by Gasteiger charge is 2.12. The minimum atomic E-state index is 0.478. The Morgan fingerprint density at radius 1 is 1.19 bits per heavy atom. The summed E-state index contributed by atoms with van der Waals surface area (Å²) >= 11 is 0. The monoisotopic (exact) mass is 286 g/mol. The summed E-state index contributed by atoms with van der Waals surface area (Å²) in [5.74, 6) is 1.18. The van der Waals surface area contributed by atoms with Gasteiger partial charge in [-0.1, -0.05) is 6.92 Å². The molecule has 0 fully saturated rings. The largest absolute Gasteiger partial charge is 0.335 e. The van der Waals surface area contributed by atoms with Crippen LogP contribution in [0.3, 0.4) is 0 Å². The van der Waals surface area contributed by atoms with Gasteiger partial charge in [-0.2, -0.15) is 0 Å². The first kappa shape index (κ1) is 15.7. The van der Waals surface area contributed by atoms with Crippen LogP contribution in [0.15, 0.2) is 36.9 Å². The zero-order valence-corrected chi connectivity index (χ0v) is 13.1. The lowest BCUT2D eigenvalue weighted by molar-refractivity contribution is 0.461. The summed E-state index contributed by atoms with van der Waals surface area (Å²) < 4.78 is 2.23. The molecule has 4 heteroatoms. The molecule has 1 N–H and O–H groups in total. The van der Waals surface area contributed by atoms with Crippen LogP contribution in [0.5, 0.6) is 0 Å². The fraction of sp³-hybridized carbons (Fsp3) is 0.529. The third-order valence-corrected chi connectivity index (χ3v) is 3.79. The third-order valence-electron chi connectivity index (χ3n) is 3.79. The fourth-order valence-electron chi connectivity index (χ4n) is 2.55. The zero-order valence-electron chi connectivity index (χ0n) is 13.1. The molecule has 2 heterocycles. The molecule has 0 aliphatic heterocycles. The summed E-state index contributed by atoms with van der Waals surface area (Å²) in [5.41, 5.74) is 1.35. The summed E-state index contributed by atoms with van der Waals surface area (Å²) in [6.07, 6.45) is 12.1. The Hall–Kier alpha value is -1.68. The van der Waals surface area contributed by atoms with Crippen molar-refractivity contribution in [2.45, 2.75) is 52.1 Å². The molecule has 0 saturated heterocycles. The van der Waals surface area contributed by atoms with Crippen LogP contribution in [0, 0.1) is 0 Å². The molecule has 0 radical (unpaired) electrons. The van der Waals surface area contributed by atoms with E-state index < -0.39 is 0 Å². The van der Waals surface area contributed by atoms with Crippen LogP contribution in [0.25, 0.3) is 0 Å². The van der Waals surface area contributed by atoms with Crippen molar-refractivity contribution in [1.82, 2.24) is 19.9 Å². The van der Waals surface area contributed by atoms with Crippen molar-refractivity contribution < 1.29 is 0 Å². The Kier molecular flexibility index (Phi) is 6.41. The first-order chi connectivity index (χ1) is 10.3. The smallest absolute Gasteiger partial charge is 0.110 e. The number of hydrogen-bond acceptors (Lipinski definition) is 3. The van der Waals surface area contributed by atoms with E-state index in [0.717, 1.165) is 38.8 Å². The zero-order chi connectivity index (χ0) is 14.9. The van der Waals surface area contributed by atoms with E-state index in [4.69, 9.17) is 0 Å². The quantitative estimate of drug-likeness (QED) is 0.771. The SMILES string of the molecule is CCCNC(CCc1ccncc1)Cc1nccn1CC. The van der Waals surface area contributed by atoms with Crippen LogP contribution in [0.4, 0.5) is 0 Å². The van der Waals surface area contributed by atoms with Crippen LogP contribution in [0.2, 0.25) is 0 Å². The first-order valence-corrected chi connectivity index (χ1v) is 7.95. The number of nitrogens with zero attached hydrogens (tertiary/aromatic N) is 3. The highest BCUT2D eigenvalue weighted by molar-refractivity contribution is 5.10. The molecule has 21 heavy (non-hydrogen) atoms. The molecule has 2 aromatic heterocycles. The minimum Gasteiger partial charge on any atom is -0.335 e. The lowest BCUT2D eigenvalue weighted by atomic mass is 10.0. The maximum atomic E-state index is 4.50. The second kappa shape index (κ2) is 8.57. The molecule has 0 saturated carbocycles. The average Bonchev–Trinajstić information content (AvgIpc) is 2.98. The second-order valence-electron chi connectivity index (χ2n) is 5.38. The highest BCUT2D eigenvalue weighted by atomic mass is 15.1. The molecule has 0 bridgehead atoms. The second-order valence-corrected chi connectivity index (χ2v) is 5.38. The fourth-order valence-corrected chi connectivity index (χ4v) is 2.55. The molecule has 1 atom stereocenters. The maximum Gasteiger partial charge on any atom is 0.110 e. The Morgan fingerprint density at radius 2 is 2.00 bits per heavy atom. The Labute approximate surface area is 127 Å². The molecule has 2 rings (SSSR count). The first-order valence-electron chi connectivity index (χ1n) is 7.95. The van der Waals surface area contributed by atoms with Gasteiger partial charge in [0.15, 0.2) is 0 Å². The van der Waals surface area contributed by atoms with E-state index in [2.05, 4.69) is 52.0 Å². The molecule has 0 amide bonds. The van der Waals surface area contributed by atoms with Gasteiger partial charge in [0.2, 0.25) is 0 Å². The van der Waals surface area contributed by atoms with Gasteiger partial charge in [0.25, 0.3) is 0 Å². The number of hydrogen-bond donors (Lipinski definition) is 1. The van der Waals surface area contributed by atoms with E-state index >= 15 is 0 Å². The minimum absolute atomic E-state index is 0.478. The molecule has 4 nitrogen and oxygen atoms in total. The average molecular weight is 286 g/mol. The van der Waals surface area contributed by atoms with Crippen molar-refractivity contribution in [1.29, 1.82) is 0 Å². The van der Waals surface area contributed by atoms with Crippen LogP contribution in [0.1, 0.15) is 38.1 Å². The van der Waals surface area contributed by atoms with Crippen LogP contribution in [-0.4, -0.2) is 27.1 Å². The Bertz CT molecular complexity index is 507. The molecular formula is C17H26N4. The van der Waals surface area contributed by atoms with Gasteiger partial charge in [-0.3, -0.25) is 4.98 Å². The van der Waals surface area contributed by atoms with Gasteiger partial charge in [-0.25, -0.2) is 4.98 Å². The summed E-state index contributed by atoms with van der Waals surface area (Å²) in [7, 11) is 0. The molecule has 0 aliphatic rings. The molecular weight excluding hydrogens is 260 g/mol. The molecule has 0 aliphatic carbocycles. The number of pyridine rings is 1. The number of rotatable bonds is 9. The van der Waals surface area contributed by atoms with Gasteiger partial charge in [-0.15, -0.1) is 0 Å². The topological polar surface area (TPSA) is 42.7 Å². The predicted molar refractivity (Wildman–Crippen MR) is 86.2 cm³/mol. The van der Waals surface area contributed by atoms with Gasteiger partial charge in [0, 0.05) is 43.8 Å². The maximum absolute atomic E-state index is 4.50. The molecule has 2 aromatic rings. The van der Waals surface area contributed by atoms with Gasteiger partial charge in [0.05, 0.1) is 0 Å². The Morgan fingerprint density at radius 3 is 2.71 bits per heavy atom. The number of imidazole rings is 1. The lowest BCUT2D eigenvalue weighted by Crippen LogP contribution is -2.33. The molecule has 114 valence electrons. The number of nitrogens with one attached hydrogen (secondary N) is 1. The van der Waals surface area contributed by atoms with Gasteiger partial charge in [0.1, 0.15) is 5.82 Å². The number of aryl methyl sites for hydroxylation is 2. The number of aromatic nitrogens is 3. The predicted octanol–water partition coefficient (Wildman–Crippen LogP) is 2.84. The standard InChI is InChI=1S/C17H26N4/c1-3-9-19-16(6-5-15-7-10-18-11-8-15)14-17-20-12-13-21(17)4-2/h7-8,10-13,16,19H,3-6,9,14H2,1-2H3. The highest BCUT2D eigenvalue weighted by Crippen LogP contribution is 2.09. The van der Waals surface area contributed by atoms with E-state index in [9.17, 15) is 0 Å². The molecule has 0 aromatic carbocycles. The van der Waals surface area contributed by atoms with Crippen molar-refractivity contribution in [3.8, 4) is 0 Å². The Balaban J connectivity index is 1.94. The van der Waals surface area contributed by atoms with Crippen molar-refractivity contribution in [2.24, 2.45) is 0 Å². The normalized spacial score (nSPS) is 12.5. The summed E-state index contributed by atoms with van der Waals surface area (Å²) in [6.45, 7) is 6.42. The van der Waals surface area contributed by atoms with Crippen molar-refractivity contribution in [3.63, 3.8) is 0 Å². The lowest BCUT2D eigenvalue weighted by Gasteiger charge is -2.19.